The highest BCUT2D eigenvalue weighted by Gasteiger charge is 2.23. The van der Waals surface area contributed by atoms with Crippen LogP contribution in [0.5, 0.6) is 17.2 Å². The summed E-state index contributed by atoms with van der Waals surface area (Å²) < 4.78 is 43.0. The van der Waals surface area contributed by atoms with Gasteiger partial charge in [0.15, 0.2) is 11.5 Å². The number of likely N-dealkylation sites (N-methyl/N-ethyl adjacent to an activating group) is 1. The Labute approximate surface area is 162 Å². The van der Waals surface area contributed by atoms with E-state index in [9.17, 15) is 8.42 Å². The molecule has 9 heteroatoms. The molecule has 0 amide bonds. The quantitative estimate of drug-likeness (QED) is 0.719. The molecule has 2 aromatic carbocycles. The molecular weight excluding hydrogens is 401 g/mol. The maximum Gasteiger partial charge on any atom is 0.243 e. The van der Waals surface area contributed by atoms with Gasteiger partial charge in [0, 0.05) is 24.7 Å². The van der Waals surface area contributed by atoms with Crippen LogP contribution in [0.1, 0.15) is 0 Å². The second-order valence-corrected chi connectivity index (χ2v) is 8.44. The SMILES string of the molecule is CN(CCOc1ccc(Cl)cc1Cl)S(=O)(=O)c1ccc2c(c1)OCCO2. The molecule has 0 saturated carbocycles. The lowest BCUT2D eigenvalue weighted by atomic mass is 10.3. The summed E-state index contributed by atoms with van der Waals surface area (Å²) >= 11 is 11.9. The number of rotatable bonds is 6. The van der Waals surface area contributed by atoms with Crippen molar-refractivity contribution in [3.05, 3.63) is 46.4 Å². The Morgan fingerprint density at radius 3 is 2.54 bits per heavy atom. The Morgan fingerprint density at radius 2 is 1.81 bits per heavy atom. The molecule has 0 fully saturated rings. The molecule has 2 aromatic rings. The van der Waals surface area contributed by atoms with E-state index in [2.05, 4.69) is 0 Å². The Hall–Kier alpha value is -1.67. The van der Waals surface area contributed by atoms with Crippen LogP contribution in [0.3, 0.4) is 0 Å². The Kier molecular flexibility index (Phi) is 5.82. The van der Waals surface area contributed by atoms with Crippen LogP contribution in [0.2, 0.25) is 10.0 Å². The average molecular weight is 418 g/mol. The number of ether oxygens (including phenoxy) is 3. The van der Waals surface area contributed by atoms with Crippen LogP contribution in [0.15, 0.2) is 41.3 Å². The van der Waals surface area contributed by atoms with E-state index in [0.29, 0.717) is 40.5 Å². The Bertz CT molecular complexity index is 904. The summed E-state index contributed by atoms with van der Waals surface area (Å²) in [4.78, 5) is 0.133. The first-order valence-corrected chi connectivity index (χ1v) is 10.0. The van der Waals surface area contributed by atoms with Gasteiger partial charge >= 0.3 is 0 Å². The third kappa shape index (κ3) is 4.17. The summed E-state index contributed by atoms with van der Waals surface area (Å²) in [5.41, 5.74) is 0. The number of hydrogen-bond donors (Lipinski definition) is 0. The lowest BCUT2D eigenvalue weighted by molar-refractivity contribution is 0.171. The molecule has 0 unspecified atom stereocenters. The molecule has 0 spiro atoms. The molecule has 1 heterocycles. The third-order valence-corrected chi connectivity index (χ3v) is 6.16. The summed E-state index contributed by atoms with van der Waals surface area (Å²) in [5, 5.41) is 0.871. The van der Waals surface area contributed by atoms with Crippen LogP contribution in [-0.2, 0) is 10.0 Å². The number of fused-ring (bicyclic) bond motifs is 1. The summed E-state index contributed by atoms with van der Waals surface area (Å²) in [7, 11) is -2.19. The van der Waals surface area contributed by atoms with Gasteiger partial charge in [0.2, 0.25) is 10.0 Å². The van der Waals surface area contributed by atoms with Crippen molar-refractivity contribution in [3.63, 3.8) is 0 Å². The van der Waals surface area contributed by atoms with Gasteiger partial charge in [-0.05, 0) is 30.3 Å². The van der Waals surface area contributed by atoms with Crippen LogP contribution in [0.4, 0.5) is 0 Å². The van der Waals surface area contributed by atoms with Crippen molar-refractivity contribution in [3.8, 4) is 17.2 Å². The van der Waals surface area contributed by atoms with E-state index in [1.54, 1.807) is 24.3 Å². The van der Waals surface area contributed by atoms with Crippen molar-refractivity contribution in [1.82, 2.24) is 4.31 Å². The van der Waals surface area contributed by atoms with Gasteiger partial charge in [-0.25, -0.2) is 8.42 Å². The topological polar surface area (TPSA) is 65.1 Å². The molecule has 3 rings (SSSR count). The molecule has 0 bridgehead atoms. The summed E-state index contributed by atoms with van der Waals surface area (Å²) in [5.74, 6) is 1.41. The zero-order chi connectivity index (χ0) is 18.7. The van der Waals surface area contributed by atoms with E-state index in [0.717, 1.165) is 0 Å². The molecule has 0 radical (unpaired) electrons. The van der Waals surface area contributed by atoms with Crippen LogP contribution >= 0.6 is 23.2 Å². The van der Waals surface area contributed by atoms with Gasteiger partial charge in [-0.1, -0.05) is 23.2 Å². The predicted octanol–water partition coefficient (Wildman–Crippen LogP) is 3.46. The second-order valence-electron chi connectivity index (χ2n) is 5.56. The van der Waals surface area contributed by atoms with Crippen molar-refractivity contribution >= 4 is 33.2 Å². The van der Waals surface area contributed by atoms with Crippen molar-refractivity contribution in [1.29, 1.82) is 0 Å². The molecule has 0 N–H and O–H groups in total. The van der Waals surface area contributed by atoms with Gasteiger partial charge in [0.25, 0.3) is 0 Å². The standard InChI is InChI=1S/C17H17Cl2NO5S/c1-20(6-7-23-15-4-2-12(18)10-14(15)19)26(21,22)13-3-5-16-17(11-13)25-9-8-24-16/h2-5,10-11H,6-9H2,1H3. The first-order valence-electron chi connectivity index (χ1n) is 7.82. The highest BCUT2D eigenvalue weighted by atomic mass is 35.5. The third-order valence-electron chi connectivity index (χ3n) is 3.78. The fraction of sp³-hybridized carbons (Fsp3) is 0.294. The highest BCUT2D eigenvalue weighted by Crippen LogP contribution is 2.33. The van der Waals surface area contributed by atoms with Crippen LogP contribution in [-0.4, -0.2) is 46.1 Å². The minimum absolute atomic E-state index is 0.133. The van der Waals surface area contributed by atoms with Crippen molar-refractivity contribution in [2.45, 2.75) is 4.90 Å². The van der Waals surface area contributed by atoms with Crippen molar-refractivity contribution in [2.75, 3.05) is 33.4 Å². The van der Waals surface area contributed by atoms with Gasteiger partial charge in [0.1, 0.15) is 25.6 Å². The molecule has 0 saturated heterocycles. The number of benzene rings is 2. The van der Waals surface area contributed by atoms with Crippen LogP contribution in [0, 0.1) is 0 Å². The summed E-state index contributed by atoms with van der Waals surface area (Å²) in [6.45, 7) is 1.13. The van der Waals surface area contributed by atoms with Crippen molar-refractivity contribution in [2.24, 2.45) is 0 Å². The predicted molar refractivity (Wildman–Crippen MR) is 99.2 cm³/mol. The lowest BCUT2D eigenvalue weighted by Crippen LogP contribution is -2.31. The Balaban J connectivity index is 1.65. The number of sulfonamides is 1. The normalized spacial score (nSPS) is 13.7. The lowest BCUT2D eigenvalue weighted by Gasteiger charge is -2.21. The van der Waals surface area contributed by atoms with E-state index < -0.39 is 10.0 Å². The molecular formula is C17H17Cl2NO5S. The number of halogens is 2. The Morgan fingerprint density at radius 1 is 1.08 bits per heavy atom. The van der Waals surface area contributed by atoms with E-state index in [1.807, 2.05) is 0 Å². The summed E-state index contributed by atoms with van der Waals surface area (Å²) in [6.07, 6.45) is 0. The zero-order valence-corrected chi connectivity index (χ0v) is 16.3. The first kappa shape index (κ1) is 19.1. The van der Waals surface area contributed by atoms with Gasteiger partial charge in [0.05, 0.1) is 9.92 Å². The zero-order valence-electron chi connectivity index (χ0n) is 13.9. The molecule has 1 aliphatic rings. The largest absolute Gasteiger partial charge is 0.491 e. The van der Waals surface area contributed by atoms with E-state index in [4.69, 9.17) is 37.4 Å². The smallest absolute Gasteiger partial charge is 0.243 e. The van der Waals surface area contributed by atoms with E-state index in [1.165, 1.54) is 23.5 Å². The monoisotopic (exact) mass is 417 g/mol. The molecule has 0 aromatic heterocycles. The minimum Gasteiger partial charge on any atom is -0.491 e. The van der Waals surface area contributed by atoms with Gasteiger partial charge < -0.3 is 14.2 Å². The minimum atomic E-state index is -3.68. The number of nitrogens with zero attached hydrogens (tertiary/aromatic N) is 1. The fourth-order valence-electron chi connectivity index (χ4n) is 2.36. The maximum atomic E-state index is 12.7. The van der Waals surface area contributed by atoms with Gasteiger partial charge in [-0.3, -0.25) is 0 Å². The highest BCUT2D eigenvalue weighted by molar-refractivity contribution is 7.89. The first-order chi connectivity index (χ1) is 12.4. The molecule has 1 aliphatic heterocycles. The fourth-order valence-corrected chi connectivity index (χ4v) is 3.99. The molecule has 140 valence electrons. The van der Waals surface area contributed by atoms with Crippen LogP contribution < -0.4 is 14.2 Å². The van der Waals surface area contributed by atoms with Gasteiger partial charge in [-0.2, -0.15) is 4.31 Å². The summed E-state index contributed by atoms with van der Waals surface area (Å²) in [6, 6.07) is 9.42. The average Bonchev–Trinajstić information content (AvgIpc) is 2.63. The number of hydrogen-bond acceptors (Lipinski definition) is 5. The second kappa shape index (κ2) is 7.92. The van der Waals surface area contributed by atoms with Crippen molar-refractivity contribution < 1.29 is 22.6 Å². The maximum absolute atomic E-state index is 12.7. The van der Waals surface area contributed by atoms with Crippen LogP contribution in [0.25, 0.3) is 0 Å². The van der Waals surface area contributed by atoms with Gasteiger partial charge in [-0.15, -0.1) is 0 Å². The van der Waals surface area contributed by atoms with E-state index in [-0.39, 0.29) is 18.0 Å². The molecule has 0 aliphatic carbocycles. The molecule has 26 heavy (non-hydrogen) atoms. The molecule has 6 nitrogen and oxygen atoms in total. The molecule has 0 atom stereocenters. The van der Waals surface area contributed by atoms with E-state index >= 15 is 0 Å².